The Hall–Kier alpha value is -2.88. The Morgan fingerprint density at radius 1 is 1.00 bits per heavy atom. The Kier molecular flexibility index (Phi) is 3.29. The molecule has 98 valence electrons. The van der Waals surface area contributed by atoms with Gasteiger partial charge >= 0.3 is 0 Å². The number of rotatable bonds is 3. The van der Waals surface area contributed by atoms with Gasteiger partial charge in [-0.05, 0) is 24.3 Å². The van der Waals surface area contributed by atoms with E-state index in [1.807, 2.05) is 42.5 Å². The predicted octanol–water partition coefficient (Wildman–Crippen LogP) is 3.60. The number of nitrogens with zero attached hydrogens (tertiary/aromatic N) is 2. The summed E-state index contributed by atoms with van der Waals surface area (Å²) in [6.07, 6.45) is 4.67. The second-order valence-corrected chi connectivity index (χ2v) is 4.25. The zero-order valence-electron chi connectivity index (χ0n) is 10.6. The van der Waals surface area contributed by atoms with Gasteiger partial charge in [-0.1, -0.05) is 18.2 Å². The van der Waals surface area contributed by atoms with Crippen LogP contribution in [0.3, 0.4) is 0 Å². The Morgan fingerprint density at radius 3 is 2.40 bits per heavy atom. The molecule has 4 nitrogen and oxygen atoms in total. The highest BCUT2D eigenvalue weighted by Gasteiger charge is 2.03. The summed E-state index contributed by atoms with van der Waals surface area (Å²) < 4.78 is 6.06. The van der Waals surface area contributed by atoms with Crippen molar-refractivity contribution in [3.8, 4) is 11.5 Å². The first-order chi connectivity index (χ1) is 9.83. The number of benzene rings is 2. The van der Waals surface area contributed by atoms with Crippen molar-refractivity contribution in [1.82, 2.24) is 4.98 Å². The summed E-state index contributed by atoms with van der Waals surface area (Å²) in [6.45, 7) is 0. The maximum Gasteiger partial charge on any atom is 0.225 e. The fourth-order valence-corrected chi connectivity index (χ4v) is 1.86. The molecule has 0 fully saturated rings. The van der Waals surface area contributed by atoms with E-state index in [4.69, 9.17) is 4.42 Å². The first kappa shape index (κ1) is 12.2. The van der Waals surface area contributed by atoms with Crippen LogP contribution in [0.5, 0.6) is 0 Å². The fourth-order valence-electron chi connectivity index (χ4n) is 1.86. The van der Waals surface area contributed by atoms with Gasteiger partial charge in [0.25, 0.3) is 0 Å². The van der Waals surface area contributed by atoms with E-state index in [2.05, 4.69) is 4.98 Å². The first-order valence-electron chi connectivity index (χ1n) is 6.19. The monoisotopic (exact) mass is 264 g/mol. The molecular formula is C16H12N2O2. The topological polar surface area (TPSA) is 52.1 Å². The van der Waals surface area contributed by atoms with Crippen LogP contribution in [0.15, 0.2) is 71.5 Å². The van der Waals surface area contributed by atoms with Gasteiger partial charge in [-0.2, -0.15) is 4.74 Å². The van der Waals surface area contributed by atoms with E-state index >= 15 is 0 Å². The van der Waals surface area contributed by atoms with Crippen molar-refractivity contribution in [2.75, 3.05) is 0 Å². The molecule has 0 spiro atoms. The van der Waals surface area contributed by atoms with Crippen molar-refractivity contribution in [3.63, 3.8) is 0 Å². The highest BCUT2D eigenvalue weighted by molar-refractivity contribution is 5.77. The van der Waals surface area contributed by atoms with Crippen molar-refractivity contribution in [3.05, 3.63) is 77.8 Å². The molecule has 0 radical (unpaired) electrons. The molecule has 0 aliphatic carbocycles. The molecule has 20 heavy (non-hydrogen) atoms. The molecule has 4 heteroatoms. The van der Waals surface area contributed by atoms with Gasteiger partial charge < -0.3 is 9.62 Å². The summed E-state index contributed by atoms with van der Waals surface area (Å²) in [5.74, 6) is 0.568. The molecule has 1 heterocycles. The standard InChI is InChI=1S/C16H12N2O2/c19-18(15-4-2-1-3-5-15)12-13-6-8-14(9-7-13)16-17-10-11-20-16/h1-12H/b18-12-. The summed E-state index contributed by atoms with van der Waals surface area (Å²) in [5, 5.41) is 12.0. The van der Waals surface area contributed by atoms with Gasteiger partial charge in [-0.25, -0.2) is 4.98 Å². The molecule has 2 aromatic carbocycles. The summed E-state index contributed by atoms with van der Waals surface area (Å²) >= 11 is 0. The maximum atomic E-state index is 12.0. The van der Waals surface area contributed by atoms with Gasteiger partial charge in [0.05, 0.1) is 6.20 Å². The highest BCUT2D eigenvalue weighted by atomic mass is 16.5. The lowest BCUT2D eigenvalue weighted by Crippen LogP contribution is -1.98. The average Bonchev–Trinajstić information content (AvgIpc) is 3.03. The van der Waals surface area contributed by atoms with E-state index < -0.39 is 0 Å². The molecule has 3 aromatic rings. The normalized spacial score (nSPS) is 11.5. The first-order valence-corrected chi connectivity index (χ1v) is 6.19. The quantitative estimate of drug-likeness (QED) is 0.314. The van der Waals surface area contributed by atoms with Gasteiger partial charge in [0.1, 0.15) is 6.26 Å². The number of aromatic nitrogens is 1. The lowest BCUT2D eigenvalue weighted by molar-refractivity contribution is -0.354. The lowest BCUT2D eigenvalue weighted by Gasteiger charge is -2.02. The fraction of sp³-hybridized carbons (Fsp3) is 0. The second-order valence-electron chi connectivity index (χ2n) is 4.25. The molecule has 0 unspecified atom stereocenters. The largest absolute Gasteiger partial charge is 0.618 e. The Labute approximate surface area is 116 Å². The van der Waals surface area contributed by atoms with Crippen LogP contribution >= 0.6 is 0 Å². The van der Waals surface area contributed by atoms with E-state index in [9.17, 15) is 5.21 Å². The summed E-state index contributed by atoms with van der Waals surface area (Å²) in [7, 11) is 0. The minimum Gasteiger partial charge on any atom is -0.618 e. The zero-order valence-corrected chi connectivity index (χ0v) is 10.6. The number of oxazole rings is 1. The third-order valence-electron chi connectivity index (χ3n) is 2.87. The van der Waals surface area contributed by atoms with E-state index in [0.29, 0.717) is 11.6 Å². The minimum atomic E-state index is 0.568. The predicted molar refractivity (Wildman–Crippen MR) is 76.8 cm³/mol. The summed E-state index contributed by atoms with van der Waals surface area (Å²) in [6, 6.07) is 16.5. The van der Waals surface area contributed by atoms with Crippen LogP contribution in [-0.2, 0) is 0 Å². The van der Waals surface area contributed by atoms with E-state index in [1.165, 1.54) is 12.5 Å². The summed E-state index contributed by atoms with van der Waals surface area (Å²) in [5.41, 5.74) is 2.30. The minimum absolute atomic E-state index is 0.568. The van der Waals surface area contributed by atoms with Crippen molar-refractivity contribution in [2.24, 2.45) is 0 Å². The Bertz CT molecular complexity index is 702. The average molecular weight is 264 g/mol. The van der Waals surface area contributed by atoms with Crippen molar-refractivity contribution >= 4 is 11.9 Å². The molecule has 0 aliphatic rings. The van der Waals surface area contributed by atoms with Crippen molar-refractivity contribution in [1.29, 1.82) is 0 Å². The van der Waals surface area contributed by atoms with Crippen LogP contribution in [0.4, 0.5) is 5.69 Å². The molecular weight excluding hydrogens is 252 g/mol. The van der Waals surface area contributed by atoms with Crippen molar-refractivity contribution in [2.45, 2.75) is 0 Å². The Balaban J connectivity index is 1.85. The van der Waals surface area contributed by atoms with Crippen LogP contribution in [0, 0.1) is 5.21 Å². The SMILES string of the molecule is [O-]/[N+](=C\c1ccc(-c2ncco2)cc1)c1ccccc1. The molecule has 0 bridgehead atoms. The van der Waals surface area contributed by atoms with Gasteiger partial charge in [0.2, 0.25) is 11.6 Å². The molecule has 0 N–H and O–H groups in total. The van der Waals surface area contributed by atoms with Crippen LogP contribution in [0.25, 0.3) is 11.5 Å². The van der Waals surface area contributed by atoms with Gasteiger partial charge in [-0.15, -0.1) is 0 Å². The van der Waals surface area contributed by atoms with Crippen LogP contribution in [0.1, 0.15) is 5.56 Å². The van der Waals surface area contributed by atoms with Gasteiger partial charge in [0.15, 0.2) is 6.21 Å². The molecule has 0 aliphatic heterocycles. The van der Waals surface area contributed by atoms with E-state index in [1.54, 1.807) is 18.3 Å². The molecule has 0 saturated carbocycles. The number of hydrogen-bond acceptors (Lipinski definition) is 3. The maximum absolute atomic E-state index is 12.0. The van der Waals surface area contributed by atoms with E-state index in [0.717, 1.165) is 15.9 Å². The molecule has 0 saturated heterocycles. The van der Waals surface area contributed by atoms with Gasteiger partial charge in [0, 0.05) is 23.3 Å². The molecule has 0 atom stereocenters. The third kappa shape index (κ3) is 2.59. The summed E-state index contributed by atoms with van der Waals surface area (Å²) in [4.78, 5) is 4.08. The van der Waals surface area contributed by atoms with Gasteiger partial charge in [-0.3, -0.25) is 0 Å². The third-order valence-corrected chi connectivity index (χ3v) is 2.87. The second kappa shape index (κ2) is 5.40. The lowest BCUT2D eigenvalue weighted by atomic mass is 10.1. The molecule has 3 rings (SSSR count). The van der Waals surface area contributed by atoms with Crippen molar-refractivity contribution < 1.29 is 9.16 Å². The molecule has 1 aromatic heterocycles. The van der Waals surface area contributed by atoms with Crippen LogP contribution in [-0.4, -0.2) is 15.9 Å². The van der Waals surface area contributed by atoms with E-state index in [-0.39, 0.29) is 0 Å². The number of para-hydroxylation sites is 1. The van der Waals surface area contributed by atoms with Crippen LogP contribution < -0.4 is 0 Å². The smallest absolute Gasteiger partial charge is 0.225 e. The molecule has 0 amide bonds. The highest BCUT2D eigenvalue weighted by Crippen LogP contribution is 2.17. The van der Waals surface area contributed by atoms with Crippen LogP contribution in [0.2, 0.25) is 0 Å². The Morgan fingerprint density at radius 2 is 1.75 bits per heavy atom. The zero-order chi connectivity index (χ0) is 13.8. The number of hydrogen-bond donors (Lipinski definition) is 0.